The Morgan fingerprint density at radius 3 is 2.74 bits per heavy atom. The van der Waals surface area contributed by atoms with Gasteiger partial charge in [-0.2, -0.15) is 13.2 Å². The van der Waals surface area contributed by atoms with E-state index in [4.69, 9.17) is 5.73 Å². The van der Waals surface area contributed by atoms with Crippen molar-refractivity contribution in [3.8, 4) is 0 Å². The quantitative estimate of drug-likeness (QED) is 0.899. The van der Waals surface area contributed by atoms with Crippen molar-refractivity contribution in [3.63, 3.8) is 0 Å². The highest BCUT2D eigenvalue weighted by Crippen LogP contribution is 2.33. The van der Waals surface area contributed by atoms with Gasteiger partial charge in [0.25, 0.3) is 0 Å². The zero-order valence-electron chi connectivity index (χ0n) is 10.3. The number of fused-ring (bicyclic) bond motifs is 1. The highest BCUT2D eigenvalue weighted by atomic mass is 19.4. The van der Waals surface area contributed by atoms with Crippen LogP contribution < -0.4 is 10.6 Å². The third kappa shape index (κ3) is 3.26. The van der Waals surface area contributed by atoms with E-state index in [0.717, 1.165) is 5.56 Å². The molecule has 0 bridgehead atoms. The second kappa shape index (κ2) is 5.21. The van der Waals surface area contributed by atoms with Gasteiger partial charge in [0.15, 0.2) is 0 Å². The topological polar surface area (TPSA) is 46.3 Å². The molecule has 0 aliphatic carbocycles. The summed E-state index contributed by atoms with van der Waals surface area (Å²) in [5.41, 5.74) is 7.38. The maximum absolute atomic E-state index is 12.2. The fourth-order valence-corrected chi connectivity index (χ4v) is 2.23. The van der Waals surface area contributed by atoms with Gasteiger partial charge < -0.3 is 10.6 Å². The molecule has 0 aromatic heterocycles. The molecule has 0 radical (unpaired) electrons. The molecular weight excluding hydrogens is 257 g/mol. The minimum Gasteiger partial charge on any atom is -0.324 e. The molecule has 2 rings (SSSR count). The number of para-hydroxylation sites is 1. The van der Waals surface area contributed by atoms with Crippen LogP contribution in [0.1, 0.15) is 30.9 Å². The molecule has 19 heavy (non-hydrogen) atoms. The molecule has 1 heterocycles. The van der Waals surface area contributed by atoms with Gasteiger partial charge in [0.05, 0.1) is 6.42 Å². The number of hydrogen-bond donors (Lipinski definition) is 1. The summed E-state index contributed by atoms with van der Waals surface area (Å²) in [5.74, 6) is -0.503. The number of hydrogen-bond acceptors (Lipinski definition) is 2. The molecule has 6 heteroatoms. The monoisotopic (exact) mass is 272 g/mol. The lowest BCUT2D eigenvalue weighted by Crippen LogP contribution is -2.38. The molecule has 0 fully saturated rings. The molecule has 0 spiro atoms. The molecule has 3 nitrogen and oxygen atoms in total. The maximum Gasteiger partial charge on any atom is 0.389 e. The van der Waals surface area contributed by atoms with E-state index in [2.05, 4.69) is 0 Å². The smallest absolute Gasteiger partial charge is 0.324 e. The third-order valence-corrected chi connectivity index (χ3v) is 3.21. The fraction of sp³-hybridized carbons (Fsp3) is 0.462. The molecule has 0 saturated heterocycles. The van der Waals surface area contributed by atoms with Crippen LogP contribution in [0.25, 0.3) is 0 Å². The predicted molar refractivity (Wildman–Crippen MR) is 65.6 cm³/mol. The Morgan fingerprint density at radius 2 is 2.05 bits per heavy atom. The van der Waals surface area contributed by atoms with E-state index >= 15 is 0 Å². The number of halogens is 3. The molecule has 1 aliphatic heterocycles. The summed E-state index contributed by atoms with van der Waals surface area (Å²) in [6.45, 7) is 0.370. The summed E-state index contributed by atoms with van der Waals surface area (Å²) in [6.07, 6.45) is -5.35. The Balaban J connectivity index is 2.14. The summed E-state index contributed by atoms with van der Waals surface area (Å²) in [6, 6.07) is 6.93. The SMILES string of the molecule is NC1CCN(C(=O)CCC(F)(F)F)c2ccccc21. The average Bonchev–Trinajstić information content (AvgIpc) is 2.36. The Bertz CT molecular complexity index is 473. The lowest BCUT2D eigenvalue weighted by atomic mass is 9.97. The van der Waals surface area contributed by atoms with E-state index < -0.39 is 24.9 Å². The van der Waals surface area contributed by atoms with Crippen LogP contribution in [0.15, 0.2) is 24.3 Å². The second-order valence-corrected chi connectivity index (χ2v) is 4.61. The summed E-state index contributed by atoms with van der Waals surface area (Å²) >= 11 is 0. The molecular formula is C13H15F3N2O. The lowest BCUT2D eigenvalue weighted by molar-refractivity contribution is -0.143. The zero-order valence-corrected chi connectivity index (χ0v) is 10.3. The average molecular weight is 272 g/mol. The van der Waals surface area contributed by atoms with Crippen molar-refractivity contribution < 1.29 is 18.0 Å². The van der Waals surface area contributed by atoms with Gasteiger partial charge in [-0.25, -0.2) is 0 Å². The van der Waals surface area contributed by atoms with Crippen molar-refractivity contribution in [3.05, 3.63) is 29.8 Å². The van der Waals surface area contributed by atoms with Crippen LogP contribution in [0.4, 0.5) is 18.9 Å². The minimum atomic E-state index is -4.30. The summed E-state index contributed by atoms with van der Waals surface area (Å²) in [4.78, 5) is 13.3. The van der Waals surface area contributed by atoms with Crippen LogP contribution in [0.3, 0.4) is 0 Å². The van der Waals surface area contributed by atoms with Crippen molar-refractivity contribution in [2.45, 2.75) is 31.5 Å². The van der Waals surface area contributed by atoms with Crippen LogP contribution in [0.5, 0.6) is 0 Å². The highest BCUT2D eigenvalue weighted by Gasteiger charge is 2.31. The number of carbonyl (C=O) groups is 1. The van der Waals surface area contributed by atoms with Gasteiger partial charge in [0.2, 0.25) is 5.91 Å². The van der Waals surface area contributed by atoms with E-state index in [0.29, 0.717) is 18.7 Å². The van der Waals surface area contributed by atoms with Crippen molar-refractivity contribution in [2.24, 2.45) is 5.73 Å². The van der Waals surface area contributed by atoms with Crippen molar-refractivity contribution in [1.82, 2.24) is 0 Å². The maximum atomic E-state index is 12.2. The predicted octanol–water partition coefficient (Wildman–Crippen LogP) is 2.77. The first kappa shape index (κ1) is 13.9. The van der Waals surface area contributed by atoms with E-state index in [9.17, 15) is 18.0 Å². The van der Waals surface area contributed by atoms with Gasteiger partial charge in [0.1, 0.15) is 0 Å². The van der Waals surface area contributed by atoms with E-state index in [1.807, 2.05) is 12.1 Å². The second-order valence-electron chi connectivity index (χ2n) is 4.61. The zero-order chi connectivity index (χ0) is 14.0. The standard InChI is InChI=1S/C13H15F3N2O/c14-13(15,16)7-5-12(19)18-8-6-10(17)9-3-1-2-4-11(9)18/h1-4,10H,5-8,17H2. The molecule has 1 aromatic carbocycles. The lowest BCUT2D eigenvalue weighted by Gasteiger charge is -2.32. The summed E-state index contributed by atoms with van der Waals surface area (Å²) in [7, 11) is 0. The number of amides is 1. The Labute approximate surface area is 109 Å². The van der Waals surface area contributed by atoms with Gasteiger partial charge in [-0.15, -0.1) is 0 Å². The summed E-state index contributed by atoms with van der Waals surface area (Å²) < 4.78 is 36.5. The highest BCUT2D eigenvalue weighted by molar-refractivity contribution is 5.94. The number of nitrogens with two attached hydrogens (primary N) is 1. The fourth-order valence-electron chi connectivity index (χ4n) is 2.23. The first-order valence-electron chi connectivity index (χ1n) is 6.10. The number of nitrogens with zero attached hydrogens (tertiary/aromatic N) is 1. The first-order chi connectivity index (χ1) is 8.88. The van der Waals surface area contributed by atoms with Gasteiger partial charge >= 0.3 is 6.18 Å². The molecule has 1 amide bonds. The molecule has 1 aromatic rings. The Kier molecular flexibility index (Phi) is 3.80. The van der Waals surface area contributed by atoms with Crippen LogP contribution in [0.2, 0.25) is 0 Å². The van der Waals surface area contributed by atoms with Crippen molar-refractivity contribution >= 4 is 11.6 Å². The van der Waals surface area contributed by atoms with Gasteiger partial charge in [-0.1, -0.05) is 18.2 Å². The number of rotatable bonds is 2. The summed E-state index contributed by atoms with van der Waals surface area (Å²) in [5, 5.41) is 0. The minimum absolute atomic E-state index is 0.164. The van der Waals surface area contributed by atoms with Crippen LogP contribution >= 0.6 is 0 Å². The first-order valence-corrected chi connectivity index (χ1v) is 6.10. The van der Waals surface area contributed by atoms with Crippen molar-refractivity contribution in [1.29, 1.82) is 0 Å². The molecule has 0 saturated carbocycles. The van der Waals surface area contributed by atoms with Crippen molar-refractivity contribution in [2.75, 3.05) is 11.4 Å². The molecule has 1 unspecified atom stereocenters. The van der Waals surface area contributed by atoms with Crippen LogP contribution in [-0.2, 0) is 4.79 Å². The number of alkyl halides is 3. The van der Waals surface area contributed by atoms with E-state index in [1.54, 1.807) is 12.1 Å². The number of carbonyl (C=O) groups excluding carboxylic acids is 1. The van der Waals surface area contributed by atoms with Crippen LogP contribution in [-0.4, -0.2) is 18.6 Å². The molecule has 104 valence electrons. The van der Waals surface area contributed by atoms with Crippen LogP contribution in [0, 0.1) is 0 Å². The Hall–Kier alpha value is -1.56. The largest absolute Gasteiger partial charge is 0.389 e. The van der Waals surface area contributed by atoms with Gasteiger partial charge in [-0.05, 0) is 18.1 Å². The van der Waals surface area contributed by atoms with E-state index in [1.165, 1.54) is 4.90 Å². The number of benzene rings is 1. The van der Waals surface area contributed by atoms with E-state index in [-0.39, 0.29) is 6.04 Å². The molecule has 2 N–H and O–H groups in total. The molecule has 1 aliphatic rings. The van der Waals surface area contributed by atoms with Gasteiger partial charge in [-0.3, -0.25) is 4.79 Å². The number of anilines is 1. The Morgan fingerprint density at radius 1 is 1.37 bits per heavy atom. The van der Waals surface area contributed by atoms with Gasteiger partial charge in [0, 0.05) is 24.7 Å². The molecule has 1 atom stereocenters. The normalized spacial score (nSPS) is 19.2. The third-order valence-electron chi connectivity index (χ3n) is 3.21.